The van der Waals surface area contributed by atoms with Crippen molar-refractivity contribution in [1.29, 1.82) is 10.8 Å². The first-order chi connectivity index (χ1) is 9.32. The Hall–Kier alpha value is -0.115. The number of amidine groups is 1. The molecule has 2 heterocycles. The van der Waals surface area contributed by atoms with Gasteiger partial charge in [-0.15, -0.1) is 0 Å². The second kappa shape index (κ2) is 6.33. The molecule has 2 rings (SSSR count). The van der Waals surface area contributed by atoms with Gasteiger partial charge in [0.2, 0.25) is 0 Å². The topological polar surface area (TPSA) is 74.4 Å². The van der Waals surface area contributed by atoms with Gasteiger partial charge in [-0.05, 0) is 53.8 Å². The fourth-order valence-electron chi connectivity index (χ4n) is 3.42. The number of fused-ring (bicyclic) bond motifs is 2. The van der Waals surface area contributed by atoms with Gasteiger partial charge >= 0.3 is 7.05 Å². The zero-order chi connectivity index (χ0) is 15.0. The molecule has 2 fully saturated rings. The zero-order valence-electron chi connectivity index (χ0n) is 11.5. The molecule has 112 valence electrons. The quantitative estimate of drug-likeness (QED) is 0.398. The Balaban J connectivity index is 2.09. The molecule has 0 aromatic carbocycles. The van der Waals surface area contributed by atoms with E-state index in [-0.39, 0.29) is 27.2 Å². The smallest absolute Gasteiger partial charge is 0.376 e. The van der Waals surface area contributed by atoms with Gasteiger partial charge in [-0.2, -0.15) is 0 Å². The third-order valence-electron chi connectivity index (χ3n) is 4.28. The van der Waals surface area contributed by atoms with Crippen LogP contribution >= 0.6 is 27.7 Å². The highest BCUT2D eigenvalue weighted by Gasteiger charge is 2.51. The Labute approximate surface area is 131 Å². The molecular weight excluding hydrogens is 346 g/mol. The number of hydrogen-bond acceptors (Lipinski definition) is 5. The first-order valence-corrected chi connectivity index (χ1v) is 8.26. The van der Waals surface area contributed by atoms with E-state index < -0.39 is 13.2 Å². The fourth-order valence-corrected chi connectivity index (χ4v) is 4.33. The highest BCUT2D eigenvalue weighted by Crippen LogP contribution is 2.39. The van der Waals surface area contributed by atoms with Crippen LogP contribution in [0.5, 0.6) is 0 Å². The average Bonchev–Trinajstić information content (AvgIpc) is 2.70. The summed E-state index contributed by atoms with van der Waals surface area (Å²) in [5.41, 5.74) is 0. The van der Waals surface area contributed by atoms with Crippen LogP contribution in [0.2, 0.25) is 6.82 Å². The summed E-state index contributed by atoms with van der Waals surface area (Å²) in [6.45, 7) is 1.69. The normalized spacial score (nSPS) is 33.0. The first-order valence-electron chi connectivity index (χ1n) is 6.65. The second-order valence-corrected chi connectivity index (χ2v) is 7.73. The van der Waals surface area contributed by atoms with E-state index in [1.54, 1.807) is 18.8 Å². The predicted molar refractivity (Wildman–Crippen MR) is 85.5 cm³/mol. The summed E-state index contributed by atoms with van der Waals surface area (Å²) < 4.78 is 14.9. The van der Waals surface area contributed by atoms with Crippen molar-refractivity contribution >= 4 is 43.9 Å². The van der Waals surface area contributed by atoms with Crippen LogP contribution in [0.3, 0.4) is 0 Å². The van der Waals surface area contributed by atoms with Crippen molar-refractivity contribution in [2.45, 2.75) is 50.4 Å². The molecule has 0 aliphatic carbocycles. The van der Waals surface area contributed by atoms with Crippen molar-refractivity contribution in [2.24, 2.45) is 0 Å². The summed E-state index contributed by atoms with van der Waals surface area (Å²) >= 11 is 3.96. The van der Waals surface area contributed by atoms with Gasteiger partial charge in [0.15, 0.2) is 5.17 Å². The lowest BCUT2D eigenvalue weighted by atomic mass is 9.78. The summed E-state index contributed by atoms with van der Waals surface area (Å²) in [5.74, 6) is 0. The predicted octanol–water partition coefficient (Wildman–Crippen LogP) is 1.97. The lowest BCUT2D eigenvalue weighted by molar-refractivity contribution is 0.0547. The number of piperidine rings is 1. The average molecular weight is 365 g/mol. The second-order valence-electron chi connectivity index (χ2n) is 5.42. The Morgan fingerprint density at radius 1 is 1.50 bits per heavy atom. The van der Waals surface area contributed by atoms with E-state index >= 15 is 0 Å². The standard InChI is InChI=1S/C11H19BBrFN4OS/c1-12(19)18-6-3-4-7(18)9(14)8(5-6)17(2)11(16)20-10(13)15/h6-9,15-16,19H,3-5H2,1-2H3/t6?,7?,8-,9+/m1/s1. The molecule has 0 spiro atoms. The Morgan fingerprint density at radius 3 is 2.70 bits per heavy atom. The van der Waals surface area contributed by atoms with Crippen LogP contribution in [0.1, 0.15) is 19.3 Å². The van der Waals surface area contributed by atoms with Crippen LogP contribution in [-0.4, -0.2) is 62.3 Å². The maximum Gasteiger partial charge on any atom is 0.376 e. The maximum absolute atomic E-state index is 14.7. The summed E-state index contributed by atoms with van der Waals surface area (Å²) in [4.78, 5) is 3.49. The SMILES string of the molecule is CB(O)N1C2CCC1[C@H](F)[C@H](N(C)C(=N)SC(=N)Br)C2. The Kier molecular flexibility index (Phi) is 5.15. The molecule has 5 nitrogen and oxygen atoms in total. The van der Waals surface area contributed by atoms with E-state index in [1.165, 1.54) is 0 Å². The van der Waals surface area contributed by atoms with Crippen LogP contribution in [0, 0.1) is 10.8 Å². The maximum atomic E-state index is 14.7. The number of nitrogens with one attached hydrogen (secondary N) is 2. The highest BCUT2D eigenvalue weighted by molar-refractivity contribution is 9.22. The van der Waals surface area contributed by atoms with Gasteiger partial charge in [0, 0.05) is 19.1 Å². The van der Waals surface area contributed by atoms with Crippen molar-refractivity contribution < 1.29 is 9.41 Å². The van der Waals surface area contributed by atoms with Crippen LogP contribution in [0.15, 0.2) is 0 Å². The first kappa shape index (κ1) is 16.3. The number of halogens is 2. The monoisotopic (exact) mass is 364 g/mol. The van der Waals surface area contributed by atoms with Gasteiger partial charge in [-0.1, -0.05) is 0 Å². The van der Waals surface area contributed by atoms with Gasteiger partial charge in [-0.3, -0.25) is 10.8 Å². The third-order valence-corrected chi connectivity index (χ3v) is 5.43. The van der Waals surface area contributed by atoms with Gasteiger partial charge in [-0.25, -0.2) is 4.39 Å². The molecule has 0 aromatic rings. The summed E-state index contributed by atoms with van der Waals surface area (Å²) in [6.07, 6.45) is 1.18. The van der Waals surface area contributed by atoms with Crippen molar-refractivity contribution in [3.05, 3.63) is 0 Å². The van der Waals surface area contributed by atoms with Gasteiger partial charge in [0.25, 0.3) is 0 Å². The Morgan fingerprint density at radius 2 is 2.15 bits per heavy atom. The minimum atomic E-state index is -1.08. The fraction of sp³-hybridized carbons (Fsp3) is 0.818. The van der Waals surface area contributed by atoms with E-state index in [0.29, 0.717) is 6.42 Å². The number of hydrogen-bond donors (Lipinski definition) is 3. The van der Waals surface area contributed by atoms with Crippen LogP contribution in [0.4, 0.5) is 4.39 Å². The Bertz CT molecular complexity index is 416. The minimum Gasteiger partial charge on any atom is -0.437 e. The van der Waals surface area contributed by atoms with Crippen molar-refractivity contribution in [2.75, 3.05) is 7.05 Å². The van der Waals surface area contributed by atoms with Crippen LogP contribution in [-0.2, 0) is 0 Å². The van der Waals surface area contributed by atoms with E-state index in [4.69, 9.17) is 10.8 Å². The number of thioether (sulfide) groups is 1. The minimum absolute atomic E-state index is 0.147. The molecule has 2 saturated heterocycles. The van der Waals surface area contributed by atoms with Crippen LogP contribution < -0.4 is 0 Å². The van der Waals surface area contributed by atoms with E-state index in [1.807, 2.05) is 4.81 Å². The van der Waals surface area contributed by atoms with Crippen molar-refractivity contribution in [3.8, 4) is 0 Å². The number of rotatable bonds is 2. The summed E-state index contributed by atoms with van der Waals surface area (Å²) in [7, 11) is 1.08. The van der Waals surface area contributed by atoms with Gasteiger partial charge in [0.05, 0.1) is 6.04 Å². The zero-order valence-corrected chi connectivity index (χ0v) is 13.9. The van der Waals surface area contributed by atoms with Gasteiger partial charge < -0.3 is 14.7 Å². The molecule has 0 amide bonds. The molecule has 2 aliphatic heterocycles. The van der Waals surface area contributed by atoms with Crippen LogP contribution in [0.25, 0.3) is 0 Å². The van der Waals surface area contributed by atoms with Crippen molar-refractivity contribution in [3.63, 3.8) is 0 Å². The lowest BCUT2D eigenvalue weighted by Crippen LogP contribution is -2.61. The van der Waals surface area contributed by atoms with E-state index in [2.05, 4.69) is 15.9 Å². The van der Waals surface area contributed by atoms with Gasteiger partial charge in [0.1, 0.15) is 10.1 Å². The molecule has 20 heavy (non-hydrogen) atoms. The molecular formula is C11H19BBrFN4OS. The lowest BCUT2D eigenvalue weighted by Gasteiger charge is -2.45. The molecule has 3 N–H and O–H groups in total. The van der Waals surface area contributed by atoms with Crippen molar-refractivity contribution in [1.82, 2.24) is 9.71 Å². The molecule has 0 saturated carbocycles. The summed E-state index contributed by atoms with van der Waals surface area (Å²) in [6, 6.07) is -0.433. The van der Waals surface area contributed by atoms with E-state index in [9.17, 15) is 9.41 Å². The molecule has 0 radical (unpaired) electrons. The highest BCUT2D eigenvalue weighted by atomic mass is 79.9. The molecule has 9 heteroatoms. The van der Waals surface area contributed by atoms with E-state index in [0.717, 1.165) is 24.6 Å². The largest absolute Gasteiger partial charge is 0.437 e. The summed E-state index contributed by atoms with van der Waals surface area (Å²) in [5, 5.41) is 25.2. The molecule has 2 unspecified atom stereocenters. The molecule has 2 aliphatic rings. The number of alkyl halides is 1. The molecule has 4 atom stereocenters. The molecule has 0 aromatic heterocycles. The molecule has 2 bridgehead atoms. The number of nitrogens with zero attached hydrogens (tertiary/aromatic N) is 2. The third kappa shape index (κ3) is 3.05.